The van der Waals surface area contributed by atoms with Gasteiger partial charge in [-0.2, -0.15) is 0 Å². The Morgan fingerprint density at radius 1 is 0.609 bits per heavy atom. The van der Waals surface area contributed by atoms with Crippen molar-refractivity contribution in [1.82, 2.24) is 14.5 Å². The summed E-state index contributed by atoms with van der Waals surface area (Å²) >= 11 is 0. The van der Waals surface area contributed by atoms with Crippen LogP contribution in [0, 0.1) is 12.9 Å². The summed E-state index contributed by atoms with van der Waals surface area (Å²) in [5, 5.41) is 12.3. The number of hydrogen-bond donors (Lipinski definition) is 1. The minimum absolute atomic E-state index is 0. The van der Waals surface area contributed by atoms with E-state index in [1.54, 1.807) is 24.4 Å². The van der Waals surface area contributed by atoms with E-state index in [4.69, 9.17) is 26.4 Å². The number of imidazole rings is 1. The van der Waals surface area contributed by atoms with E-state index < -0.39 is 32.8 Å². The smallest absolute Gasteiger partial charge is 0.148 e. The van der Waals surface area contributed by atoms with Crippen LogP contribution < -0.4 is 0 Å². The summed E-state index contributed by atoms with van der Waals surface area (Å²) in [6.07, 6.45) is 1.62. The Hall–Kier alpha value is -6.35. The molecule has 2 heterocycles. The number of aromatic hydroxyl groups is 1. The molecule has 0 fully saturated rings. The zero-order chi connectivity index (χ0) is 54.0. The number of hydrogen-bond acceptors (Lipinski definition) is 3. The molecule has 5 heteroatoms. The summed E-state index contributed by atoms with van der Waals surface area (Å²) in [6.45, 7) is -4.41. The fourth-order valence-corrected chi connectivity index (χ4v) is 8.24. The number of nitrogens with zero attached hydrogens (tertiary/aromatic N) is 3. The third-order valence-electron chi connectivity index (χ3n) is 11.6. The van der Waals surface area contributed by atoms with Gasteiger partial charge in [-0.25, -0.2) is 4.98 Å². The van der Waals surface area contributed by atoms with Crippen molar-refractivity contribution < 1.29 is 42.6 Å². The topological polar surface area (TPSA) is 50.9 Å². The summed E-state index contributed by atoms with van der Waals surface area (Å²) in [4.78, 5) is 10.2. The molecule has 0 aliphatic carbocycles. The van der Waals surface area contributed by atoms with E-state index in [0.29, 0.717) is 67.2 Å². The molecule has 0 spiro atoms. The average molecular weight is 1030 g/mol. The third-order valence-corrected chi connectivity index (χ3v) is 11.6. The van der Waals surface area contributed by atoms with Crippen molar-refractivity contribution in [2.75, 3.05) is 0 Å². The molecule has 4 nitrogen and oxygen atoms in total. The molecule has 2 aromatic heterocycles. The number of fused-ring (bicyclic) bond motifs is 1. The van der Waals surface area contributed by atoms with Crippen LogP contribution in [0.2, 0.25) is 0 Å². The number of para-hydroxylation sites is 1. The van der Waals surface area contributed by atoms with E-state index in [-0.39, 0.29) is 49.8 Å². The Kier molecular flexibility index (Phi) is 8.87. The minimum atomic E-state index is -3.40. The Morgan fingerprint density at radius 3 is 1.94 bits per heavy atom. The maximum absolute atomic E-state index is 12.3. The van der Waals surface area contributed by atoms with Crippen LogP contribution in [-0.4, -0.2) is 19.6 Å². The van der Waals surface area contributed by atoms with Crippen LogP contribution in [0.25, 0.3) is 83.9 Å². The van der Waals surface area contributed by atoms with E-state index >= 15 is 0 Å². The van der Waals surface area contributed by atoms with Crippen molar-refractivity contribution in [1.29, 1.82) is 0 Å². The Balaban J connectivity index is 0.00000765. The standard InChI is InChI=1S/C59H54N3O.Pt/c1-37(2)44-34-52(38(3)4)57(63)53(35-44)58-61-56-51(20-15-21-55(56)62(58)50-29-39(5)28-45(33-50)40-16-11-9-12-17-40)47-30-46(41-18-13-10-14-19-41)31-48(32-47)54-36-43(26-27-60-54)42-22-24-49(25-23-42)59(6,7)8;/h9-31,33-38,63H,1-8H3;/q-1;/i5D3,6D3,7D3,8D3;. The first-order valence-electron chi connectivity index (χ1n) is 27.1. The quantitative estimate of drug-likeness (QED) is 0.147. The van der Waals surface area contributed by atoms with Crippen LogP contribution in [0.1, 0.15) is 98.8 Å². The van der Waals surface area contributed by atoms with E-state index in [9.17, 15) is 5.11 Å². The second-order valence-corrected chi connectivity index (χ2v) is 16.7. The van der Waals surface area contributed by atoms with Crippen molar-refractivity contribution in [3.8, 4) is 78.6 Å². The molecule has 0 amide bonds. The van der Waals surface area contributed by atoms with Crippen molar-refractivity contribution in [2.45, 2.75) is 72.4 Å². The molecular weight excluding hydrogens is 962 g/mol. The van der Waals surface area contributed by atoms with Gasteiger partial charge in [0, 0.05) is 55.1 Å². The summed E-state index contributed by atoms with van der Waals surface area (Å²) < 4.78 is 102. The second kappa shape index (κ2) is 18.0. The molecule has 0 unspecified atom stereocenters. The first-order valence-corrected chi connectivity index (χ1v) is 21.1. The first-order chi connectivity index (χ1) is 35.3. The molecule has 9 rings (SSSR count). The van der Waals surface area contributed by atoms with E-state index in [2.05, 4.69) is 19.9 Å². The zero-order valence-electron chi connectivity index (χ0n) is 47.8. The molecule has 0 saturated carbocycles. The summed E-state index contributed by atoms with van der Waals surface area (Å²) in [5.41, 5.74) is 7.58. The van der Waals surface area contributed by atoms with Crippen molar-refractivity contribution in [3.05, 3.63) is 192 Å². The number of aryl methyl sites for hydroxylation is 1. The van der Waals surface area contributed by atoms with Gasteiger partial charge in [0.25, 0.3) is 0 Å². The monoisotopic (exact) mass is 1030 g/mol. The number of phenols is 1. The third kappa shape index (κ3) is 8.77. The average Bonchev–Trinajstić information content (AvgIpc) is 3.77. The largest absolute Gasteiger partial charge is 0.507 e. The maximum atomic E-state index is 12.3. The molecule has 0 atom stereocenters. The van der Waals surface area contributed by atoms with Crippen LogP contribution in [0.5, 0.6) is 5.75 Å². The zero-order valence-corrected chi connectivity index (χ0v) is 38.1. The molecule has 7 aromatic carbocycles. The summed E-state index contributed by atoms with van der Waals surface area (Å²) in [5.74, 6) is 0.551. The van der Waals surface area contributed by atoms with Crippen LogP contribution in [-0.2, 0) is 26.5 Å². The fourth-order valence-electron chi connectivity index (χ4n) is 8.24. The van der Waals surface area contributed by atoms with Crippen LogP contribution in [0.15, 0.2) is 164 Å². The van der Waals surface area contributed by atoms with Gasteiger partial charge >= 0.3 is 0 Å². The van der Waals surface area contributed by atoms with Crippen molar-refractivity contribution >= 4 is 11.0 Å². The number of rotatable bonds is 9. The van der Waals surface area contributed by atoms with Gasteiger partial charge < -0.3 is 5.11 Å². The van der Waals surface area contributed by atoms with Gasteiger partial charge in [0.2, 0.25) is 0 Å². The molecule has 9 aromatic rings. The van der Waals surface area contributed by atoms with Crippen LogP contribution in [0.3, 0.4) is 0 Å². The molecule has 0 aliphatic rings. The fraction of sp³-hybridized carbons (Fsp3) is 0.186. The molecule has 322 valence electrons. The van der Waals surface area contributed by atoms with Crippen LogP contribution in [0.4, 0.5) is 0 Å². The summed E-state index contributed by atoms with van der Waals surface area (Å²) in [7, 11) is 0. The molecule has 0 aliphatic heterocycles. The van der Waals surface area contributed by atoms with Gasteiger partial charge in [0.15, 0.2) is 0 Å². The molecule has 64 heavy (non-hydrogen) atoms. The maximum Gasteiger partial charge on any atom is 0.148 e. The Bertz CT molecular complexity index is 3530. The van der Waals surface area contributed by atoms with Gasteiger partial charge in [-0.05, 0) is 105 Å². The molecule has 1 N–H and O–H groups in total. The Morgan fingerprint density at radius 2 is 1.28 bits per heavy atom. The van der Waals surface area contributed by atoms with Crippen molar-refractivity contribution in [3.63, 3.8) is 0 Å². The normalized spacial score (nSPS) is 15.2. The molecule has 0 bridgehead atoms. The van der Waals surface area contributed by atoms with Gasteiger partial charge in [0.1, 0.15) is 11.6 Å². The molecule has 0 saturated heterocycles. The number of aromatic nitrogens is 3. The van der Waals surface area contributed by atoms with E-state index in [0.717, 1.165) is 27.8 Å². The molecular formula is C59H54N3OPt-. The van der Waals surface area contributed by atoms with E-state index in [1.165, 1.54) is 24.3 Å². The number of pyridine rings is 1. The van der Waals surface area contributed by atoms with E-state index in [1.807, 2.05) is 134 Å². The van der Waals surface area contributed by atoms with Gasteiger partial charge in [-0.1, -0.05) is 180 Å². The predicted molar refractivity (Wildman–Crippen MR) is 264 cm³/mol. The van der Waals surface area contributed by atoms with Gasteiger partial charge in [-0.15, -0.1) is 23.8 Å². The predicted octanol–water partition coefficient (Wildman–Crippen LogP) is 15.8. The second-order valence-electron chi connectivity index (χ2n) is 16.7. The van der Waals surface area contributed by atoms with Crippen LogP contribution >= 0.6 is 0 Å². The van der Waals surface area contributed by atoms with Gasteiger partial charge in [-0.3, -0.25) is 9.55 Å². The SMILES string of the molecule is [2H]C([2H])([2H])c1cc(-c2ccccc2)cc(-n2c(-c3cc(C(C)C)cc(C(C)C)c3O)nc3c(-c4[c-]c(-c5cc(-c6ccc(C(C([2H])([2H])[2H])(C([2H])([2H])[2H])C([2H])([2H])[2H])cc6)ccn5)cc(-c5ccccc5)c4)cccc32)c1.[Pt]. The minimum Gasteiger partial charge on any atom is -0.507 e. The summed E-state index contributed by atoms with van der Waals surface area (Å²) in [6, 6.07) is 51.3. The number of phenolic OH excluding ortho intramolecular Hbond substituents is 1. The first kappa shape index (κ1) is 31.5. The Labute approximate surface area is 409 Å². The number of benzene rings is 7. The molecule has 0 radical (unpaired) electrons. The van der Waals surface area contributed by atoms with Gasteiger partial charge in [0.05, 0.1) is 16.6 Å². The van der Waals surface area contributed by atoms with Crippen molar-refractivity contribution in [2.24, 2.45) is 0 Å².